The van der Waals surface area contributed by atoms with Crippen molar-refractivity contribution in [2.45, 2.75) is 31.7 Å². The normalized spacial score (nSPS) is 19.8. The molecule has 3 rings (SSSR count). The molecule has 1 N–H and O–H groups in total. The van der Waals surface area contributed by atoms with Crippen molar-refractivity contribution in [2.75, 3.05) is 25.6 Å². The van der Waals surface area contributed by atoms with Gasteiger partial charge in [0.25, 0.3) is 5.91 Å². The van der Waals surface area contributed by atoms with Crippen molar-refractivity contribution in [2.24, 2.45) is 0 Å². The van der Waals surface area contributed by atoms with Crippen molar-refractivity contribution in [1.29, 1.82) is 0 Å². The number of thioether (sulfide) groups is 1. The first kappa shape index (κ1) is 23.1. The van der Waals surface area contributed by atoms with Crippen molar-refractivity contribution in [3.05, 3.63) is 47.2 Å². The lowest BCUT2D eigenvalue weighted by Gasteiger charge is -2.50. The molecule has 0 radical (unpaired) electrons. The van der Waals surface area contributed by atoms with Crippen LogP contribution in [0.2, 0.25) is 0 Å². The highest BCUT2D eigenvalue weighted by molar-refractivity contribution is 8.00. The molecule has 1 aromatic rings. The Kier molecular flexibility index (Phi) is 7.91. The number of nitrogens with zero attached hydrogens (tertiary/aromatic N) is 1. The van der Waals surface area contributed by atoms with Gasteiger partial charge in [0.05, 0.1) is 18.7 Å². The van der Waals surface area contributed by atoms with E-state index < -0.39 is 12.2 Å². The van der Waals surface area contributed by atoms with Gasteiger partial charge in [-0.1, -0.05) is 30.3 Å². The summed E-state index contributed by atoms with van der Waals surface area (Å²) >= 11 is 6.94. The molecule has 2 aliphatic rings. The third-order valence-electron chi connectivity index (χ3n) is 4.67. The fourth-order valence-corrected chi connectivity index (χ4v) is 4.90. The van der Waals surface area contributed by atoms with Crippen LogP contribution in [0, 0.1) is 0 Å². The van der Waals surface area contributed by atoms with Crippen LogP contribution >= 0.6 is 24.0 Å². The van der Waals surface area contributed by atoms with E-state index in [1.165, 1.54) is 0 Å². The van der Waals surface area contributed by atoms with E-state index in [1.54, 1.807) is 23.6 Å². The minimum atomic E-state index is -0.770. The summed E-state index contributed by atoms with van der Waals surface area (Å²) in [5.74, 6) is 0.242. The van der Waals surface area contributed by atoms with Crippen molar-refractivity contribution in [1.82, 2.24) is 10.2 Å². The van der Waals surface area contributed by atoms with Crippen LogP contribution in [0.1, 0.15) is 19.4 Å². The van der Waals surface area contributed by atoms with Crippen molar-refractivity contribution >= 4 is 47.0 Å². The molecule has 2 atom stereocenters. The van der Waals surface area contributed by atoms with E-state index in [4.69, 9.17) is 21.7 Å². The Morgan fingerprint density at radius 2 is 1.90 bits per heavy atom. The minimum absolute atomic E-state index is 0.0183. The molecule has 2 heterocycles. The molecule has 166 valence electrons. The van der Waals surface area contributed by atoms with Crippen molar-refractivity contribution in [3.63, 3.8) is 0 Å². The van der Waals surface area contributed by atoms with E-state index in [1.807, 2.05) is 37.3 Å². The third kappa shape index (κ3) is 5.56. The molecule has 1 saturated heterocycles. The lowest BCUT2D eigenvalue weighted by molar-refractivity contribution is -0.145. The molecule has 1 unspecified atom stereocenters. The van der Waals surface area contributed by atoms with E-state index in [0.29, 0.717) is 11.4 Å². The van der Waals surface area contributed by atoms with E-state index in [0.717, 1.165) is 11.1 Å². The Balaban J connectivity index is 1.54. The summed E-state index contributed by atoms with van der Waals surface area (Å²) in [6, 6.07) is 8.77. The van der Waals surface area contributed by atoms with Crippen LogP contribution < -0.4 is 5.32 Å². The second-order valence-electron chi connectivity index (χ2n) is 6.91. The van der Waals surface area contributed by atoms with E-state index in [-0.39, 0.29) is 48.5 Å². The van der Waals surface area contributed by atoms with Gasteiger partial charge in [-0.25, -0.2) is 4.79 Å². The number of carbonyl (C=O) groups excluding carboxylic acids is 3. The molecule has 10 heteroatoms. The molecule has 0 saturated carbocycles. The number of hydrogen-bond acceptors (Lipinski definition) is 8. The fourth-order valence-electron chi connectivity index (χ4n) is 3.26. The molecule has 31 heavy (non-hydrogen) atoms. The summed E-state index contributed by atoms with van der Waals surface area (Å²) < 4.78 is 15.0. The first-order valence-electron chi connectivity index (χ1n) is 9.86. The van der Waals surface area contributed by atoms with Crippen LogP contribution in [0.5, 0.6) is 0 Å². The Labute approximate surface area is 190 Å². The highest BCUT2D eigenvalue weighted by atomic mass is 32.2. The number of nitrogens with one attached hydrogen (secondary N) is 1. The fraction of sp³-hybridized carbons (Fsp3) is 0.429. The van der Waals surface area contributed by atoms with Gasteiger partial charge in [0.2, 0.25) is 11.0 Å². The summed E-state index contributed by atoms with van der Waals surface area (Å²) in [6.07, 6.45) is -0.556. The number of benzene rings is 1. The number of hydrogen-bond donors (Lipinski definition) is 1. The second-order valence-corrected chi connectivity index (χ2v) is 8.39. The average molecular weight is 465 g/mol. The molecule has 0 spiro atoms. The second kappa shape index (κ2) is 10.6. The molecule has 0 bridgehead atoms. The molecular formula is C21H24N2O6S2. The van der Waals surface area contributed by atoms with Crippen LogP contribution in [0.15, 0.2) is 41.6 Å². The predicted octanol–water partition coefficient (Wildman–Crippen LogP) is 2.42. The third-order valence-corrected chi connectivity index (χ3v) is 6.41. The number of rotatable bonds is 8. The van der Waals surface area contributed by atoms with Crippen LogP contribution in [0.25, 0.3) is 0 Å². The Hall–Kier alpha value is -2.59. The highest BCUT2D eigenvalue weighted by Gasteiger charge is 2.53. The van der Waals surface area contributed by atoms with Gasteiger partial charge < -0.3 is 19.5 Å². The first-order chi connectivity index (χ1) is 14.9. The van der Waals surface area contributed by atoms with Crippen LogP contribution in [-0.4, -0.2) is 64.9 Å². The zero-order chi connectivity index (χ0) is 22.4. The Bertz CT molecular complexity index is 889. The van der Waals surface area contributed by atoms with Gasteiger partial charge in [-0.3, -0.25) is 14.5 Å². The highest BCUT2D eigenvalue weighted by Crippen LogP contribution is 2.40. The van der Waals surface area contributed by atoms with Crippen LogP contribution in [-0.2, 0) is 30.2 Å². The van der Waals surface area contributed by atoms with Gasteiger partial charge in [-0.15, -0.1) is 11.8 Å². The summed E-state index contributed by atoms with van der Waals surface area (Å²) in [5.41, 5.74) is 2.35. The van der Waals surface area contributed by atoms with Gasteiger partial charge >= 0.3 is 6.16 Å². The molecule has 8 nitrogen and oxygen atoms in total. The summed E-state index contributed by atoms with van der Waals surface area (Å²) in [4.78, 5) is 38.0. The molecular weight excluding hydrogens is 440 g/mol. The quantitative estimate of drug-likeness (QED) is 0.271. The number of fused-ring (bicyclic) bond motifs is 1. The van der Waals surface area contributed by atoms with Gasteiger partial charge in [-0.05, 0) is 37.2 Å². The van der Waals surface area contributed by atoms with Gasteiger partial charge in [-0.2, -0.15) is 0 Å². The van der Waals surface area contributed by atoms with Crippen LogP contribution in [0.3, 0.4) is 0 Å². The van der Waals surface area contributed by atoms with Crippen molar-refractivity contribution < 1.29 is 28.6 Å². The molecule has 2 amide bonds. The monoisotopic (exact) mass is 464 g/mol. The van der Waals surface area contributed by atoms with Gasteiger partial charge in [0.1, 0.15) is 24.6 Å². The molecule has 1 aromatic carbocycles. The smallest absolute Gasteiger partial charge is 0.478 e. The lowest BCUT2D eigenvalue weighted by atomic mass is 10.0. The topological polar surface area (TPSA) is 94.2 Å². The average Bonchev–Trinajstić information content (AvgIpc) is 2.75. The largest absolute Gasteiger partial charge is 0.508 e. The number of amides is 2. The summed E-state index contributed by atoms with van der Waals surface area (Å²) in [7, 11) is 0. The number of carbonyl (C=O) groups is 3. The molecule has 0 aromatic heterocycles. The molecule has 2 aliphatic heterocycles. The zero-order valence-electron chi connectivity index (χ0n) is 17.3. The van der Waals surface area contributed by atoms with E-state index in [9.17, 15) is 14.4 Å². The summed E-state index contributed by atoms with van der Waals surface area (Å²) in [6.45, 7) is 3.82. The molecule has 1 fully saturated rings. The van der Waals surface area contributed by atoms with Gasteiger partial charge in [0, 0.05) is 5.75 Å². The number of ether oxygens (including phenoxy) is 3. The minimum Gasteiger partial charge on any atom is -0.478 e. The SMILES string of the molecule is CCOC(=O)OCCOC(=S)C1=C(C)CS[C@@H]2C(NC(=O)Cc3ccccc3)C(=O)N12. The van der Waals surface area contributed by atoms with Crippen LogP contribution in [0.4, 0.5) is 4.79 Å². The Morgan fingerprint density at radius 1 is 1.19 bits per heavy atom. The predicted molar refractivity (Wildman–Crippen MR) is 119 cm³/mol. The molecule has 0 aliphatic carbocycles. The summed E-state index contributed by atoms with van der Waals surface area (Å²) in [5, 5.41) is 2.77. The van der Waals surface area contributed by atoms with E-state index in [2.05, 4.69) is 10.1 Å². The maximum atomic E-state index is 12.8. The first-order valence-corrected chi connectivity index (χ1v) is 11.3. The standard InChI is InChI=1S/C21H24N2O6S2/c1-3-27-21(26)29-10-9-28-20(30)17-13(2)12-31-19-16(18(25)23(17)19)22-15(24)11-14-7-5-4-6-8-14/h4-8,16,19H,3,9-12H2,1-2H3,(H,22,24)/t16?,19-/m1/s1. The number of thiocarbonyl (C=S) groups is 1. The van der Waals surface area contributed by atoms with Gasteiger partial charge in [0.15, 0.2) is 0 Å². The number of β-lactam (4-membered cyclic amide) rings is 1. The Morgan fingerprint density at radius 3 is 2.61 bits per heavy atom. The zero-order valence-corrected chi connectivity index (χ0v) is 18.9. The van der Waals surface area contributed by atoms with E-state index >= 15 is 0 Å². The van der Waals surface area contributed by atoms with Crippen molar-refractivity contribution in [3.8, 4) is 0 Å². The maximum absolute atomic E-state index is 12.8. The maximum Gasteiger partial charge on any atom is 0.508 e. The lowest BCUT2D eigenvalue weighted by Crippen LogP contribution is -2.70.